The van der Waals surface area contributed by atoms with Crippen LogP contribution in [0.1, 0.15) is 39.3 Å². The highest BCUT2D eigenvalue weighted by Crippen LogP contribution is 2.34. The van der Waals surface area contributed by atoms with Crippen LogP contribution >= 0.6 is 0 Å². The quantitative estimate of drug-likeness (QED) is 0.864. The number of hydrogen-bond donors (Lipinski definition) is 1. The monoisotopic (exact) mass is 322 g/mol. The van der Waals surface area contributed by atoms with Crippen LogP contribution in [-0.2, 0) is 11.2 Å². The van der Waals surface area contributed by atoms with Crippen LogP contribution < -0.4 is 5.32 Å². The van der Waals surface area contributed by atoms with E-state index in [9.17, 15) is 13.6 Å². The number of benzene rings is 1. The van der Waals surface area contributed by atoms with Gasteiger partial charge in [0.15, 0.2) is 11.6 Å². The largest absolute Gasteiger partial charge is 0.444 e. The second-order valence-corrected chi connectivity index (χ2v) is 7.01. The normalized spacial score (nSPS) is 20.6. The van der Waals surface area contributed by atoms with E-state index in [1.165, 1.54) is 6.07 Å². The van der Waals surface area contributed by atoms with Crippen molar-refractivity contribution in [2.24, 2.45) is 0 Å². The summed E-state index contributed by atoms with van der Waals surface area (Å²) in [5, 5.41) is 3.11. The number of halogens is 2. The lowest BCUT2D eigenvalue weighted by molar-refractivity contribution is 0.0488. The molecule has 1 amide bonds. The summed E-state index contributed by atoms with van der Waals surface area (Å²) < 4.78 is 34.8. The number of hydrogen-bond acceptors (Lipinski definition) is 2. The molecule has 0 fully saturated rings. The lowest BCUT2D eigenvalue weighted by atomic mass is 9.94. The highest BCUT2D eigenvalue weighted by atomic mass is 19.2. The Labute approximate surface area is 133 Å². The summed E-state index contributed by atoms with van der Waals surface area (Å²) in [5.41, 5.74) is 0.789. The van der Waals surface area contributed by atoms with Crippen LogP contribution in [0.3, 0.4) is 0 Å². The van der Waals surface area contributed by atoms with E-state index >= 15 is 0 Å². The zero-order chi connectivity index (χ0) is 16.9. The molecule has 0 unspecified atom stereocenters. The molecule has 0 spiro atoms. The Balaban J connectivity index is 1.91. The Morgan fingerprint density at radius 2 is 2.09 bits per heavy atom. The third kappa shape index (κ3) is 2.78. The van der Waals surface area contributed by atoms with Crippen molar-refractivity contribution in [2.45, 2.75) is 51.8 Å². The first kappa shape index (κ1) is 15.8. The van der Waals surface area contributed by atoms with E-state index in [4.69, 9.17) is 4.74 Å². The Morgan fingerprint density at radius 3 is 2.74 bits per heavy atom. The van der Waals surface area contributed by atoms with Crippen molar-refractivity contribution in [1.29, 1.82) is 0 Å². The number of nitrogens with one attached hydrogen (secondary N) is 1. The van der Waals surface area contributed by atoms with Crippen molar-refractivity contribution < 1.29 is 18.3 Å². The van der Waals surface area contributed by atoms with Crippen LogP contribution in [0.25, 0.3) is 10.9 Å². The standard InChI is InChI=1S/C17H20F2N2O2/c1-9-13(20-16(22)23-17(2,3)4)8-10-7-12(18)14(19)11-5-6-21(9)15(10)11/h5-7,9,13H,8H2,1-4H3,(H,20,22)/t9-,13-/m1/s1. The fourth-order valence-corrected chi connectivity index (χ4v) is 3.10. The first-order valence-corrected chi connectivity index (χ1v) is 7.64. The lowest BCUT2D eigenvalue weighted by Gasteiger charge is -2.33. The van der Waals surface area contributed by atoms with E-state index in [1.54, 1.807) is 33.0 Å². The van der Waals surface area contributed by atoms with Gasteiger partial charge < -0.3 is 14.6 Å². The minimum Gasteiger partial charge on any atom is -0.444 e. The molecule has 0 saturated carbocycles. The van der Waals surface area contributed by atoms with Gasteiger partial charge in [0.25, 0.3) is 0 Å². The number of amides is 1. The molecule has 1 aromatic heterocycles. The summed E-state index contributed by atoms with van der Waals surface area (Å²) in [4.78, 5) is 12.0. The van der Waals surface area contributed by atoms with Gasteiger partial charge in [0.1, 0.15) is 5.60 Å². The highest BCUT2D eigenvalue weighted by Gasteiger charge is 2.31. The third-order valence-electron chi connectivity index (χ3n) is 4.13. The predicted octanol–water partition coefficient (Wildman–Crippen LogP) is 3.93. The van der Waals surface area contributed by atoms with Crippen molar-refractivity contribution in [3.05, 3.63) is 35.5 Å². The minimum atomic E-state index is -0.865. The van der Waals surface area contributed by atoms with Crippen LogP contribution in [-0.4, -0.2) is 22.3 Å². The molecule has 2 aromatic rings. The van der Waals surface area contributed by atoms with Gasteiger partial charge in [0.05, 0.1) is 17.6 Å². The summed E-state index contributed by atoms with van der Waals surface area (Å²) in [6, 6.07) is 2.45. The summed E-state index contributed by atoms with van der Waals surface area (Å²) in [7, 11) is 0. The molecule has 0 bridgehead atoms. The minimum absolute atomic E-state index is 0.0858. The Morgan fingerprint density at radius 1 is 1.39 bits per heavy atom. The molecule has 1 N–H and O–H groups in total. The van der Waals surface area contributed by atoms with Crippen molar-refractivity contribution in [3.8, 4) is 0 Å². The van der Waals surface area contributed by atoms with Gasteiger partial charge in [0, 0.05) is 11.6 Å². The second kappa shape index (κ2) is 5.22. The zero-order valence-electron chi connectivity index (χ0n) is 13.6. The van der Waals surface area contributed by atoms with Crippen molar-refractivity contribution >= 4 is 17.0 Å². The average Bonchev–Trinajstić information content (AvgIpc) is 2.85. The van der Waals surface area contributed by atoms with Crippen LogP contribution in [0.2, 0.25) is 0 Å². The highest BCUT2D eigenvalue weighted by molar-refractivity contribution is 5.85. The molecule has 1 aliphatic heterocycles. The molecule has 23 heavy (non-hydrogen) atoms. The maximum atomic E-state index is 13.9. The molecule has 2 atom stereocenters. The summed E-state index contributed by atoms with van der Waals surface area (Å²) >= 11 is 0. The van der Waals surface area contributed by atoms with E-state index in [-0.39, 0.29) is 17.5 Å². The summed E-state index contributed by atoms with van der Waals surface area (Å²) in [5.74, 6) is -1.69. The fraction of sp³-hybridized carbons (Fsp3) is 0.471. The number of aromatic nitrogens is 1. The molecular weight excluding hydrogens is 302 g/mol. The topological polar surface area (TPSA) is 43.3 Å². The first-order valence-electron chi connectivity index (χ1n) is 7.64. The average molecular weight is 322 g/mol. The Bertz CT molecular complexity index is 777. The van der Waals surface area contributed by atoms with Gasteiger partial charge in [0.2, 0.25) is 0 Å². The van der Waals surface area contributed by atoms with E-state index < -0.39 is 23.3 Å². The molecule has 0 radical (unpaired) electrons. The summed E-state index contributed by atoms with van der Waals surface area (Å²) in [6.07, 6.45) is 1.64. The van der Waals surface area contributed by atoms with Crippen LogP contribution in [0.4, 0.5) is 13.6 Å². The van der Waals surface area contributed by atoms with E-state index in [1.807, 2.05) is 11.5 Å². The number of nitrogens with zero attached hydrogens (tertiary/aromatic N) is 1. The van der Waals surface area contributed by atoms with Gasteiger partial charge in [-0.05, 0) is 51.8 Å². The van der Waals surface area contributed by atoms with Crippen LogP contribution in [0, 0.1) is 11.6 Å². The molecule has 6 heteroatoms. The number of alkyl carbamates (subject to hydrolysis) is 1. The Hall–Kier alpha value is -2.11. The molecule has 1 aliphatic rings. The second-order valence-electron chi connectivity index (χ2n) is 7.01. The van der Waals surface area contributed by atoms with Gasteiger partial charge in [-0.1, -0.05) is 0 Å². The molecule has 0 saturated heterocycles. The zero-order valence-corrected chi connectivity index (χ0v) is 13.6. The van der Waals surface area contributed by atoms with Crippen LogP contribution in [0.15, 0.2) is 18.3 Å². The fourth-order valence-electron chi connectivity index (χ4n) is 3.10. The molecule has 124 valence electrons. The van der Waals surface area contributed by atoms with Gasteiger partial charge in [-0.3, -0.25) is 0 Å². The third-order valence-corrected chi connectivity index (χ3v) is 4.13. The number of carbonyl (C=O) groups is 1. The number of rotatable bonds is 1. The van der Waals surface area contributed by atoms with Crippen molar-refractivity contribution in [2.75, 3.05) is 0 Å². The van der Waals surface area contributed by atoms with Gasteiger partial charge in [-0.15, -0.1) is 0 Å². The SMILES string of the molecule is C[C@@H]1[C@H](NC(=O)OC(C)(C)C)Cc2cc(F)c(F)c3ccn1c23. The smallest absolute Gasteiger partial charge is 0.407 e. The summed E-state index contributed by atoms with van der Waals surface area (Å²) in [6.45, 7) is 7.31. The molecule has 0 aliphatic carbocycles. The van der Waals surface area contributed by atoms with Gasteiger partial charge in [-0.2, -0.15) is 0 Å². The maximum absolute atomic E-state index is 13.9. The molecule has 3 rings (SSSR count). The Kier molecular flexibility index (Phi) is 3.58. The number of carbonyl (C=O) groups excluding carboxylic acids is 1. The lowest BCUT2D eigenvalue weighted by Crippen LogP contribution is -2.45. The molecule has 2 heterocycles. The predicted molar refractivity (Wildman–Crippen MR) is 83.4 cm³/mol. The van der Waals surface area contributed by atoms with Crippen molar-refractivity contribution in [3.63, 3.8) is 0 Å². The van der Waals surface area contributed by atoms with E-state index in [0.717, 1.165) is 0 Å². The first-order chi connectivity index (χ1) is 10.7. The number of ether oxygens (including phenoxy) is 1. The van der Waals surface area contributed by atoms with Crippen LogP contribution in [0.5, 0.6) is 0 Å². The van der Waals surface area contributed by atoms with Gasteiger partial charge in [-0.25, -0.2) is 13.6 Å². The van der Waals surface area contributed by atoms with E-state index in [0.29, 0.717) is 17.5 Å². The van der Waals surface area contributed by atoms with Gasteiger partial charge >= 0.3 is 6.09 Å². The molecular formula is C17H20F2N2O2. The molecule has 4 nitrogen and oxygen atoms in total. The molecule has 1 aromatic carbocycles. The van der Waals surface area contributed by atoms with E-state index in [2.05, 4.69) is 5.32 Å². The van der Waals surface area contributed by atoms with Crippen molar-refractivity contribution in [1.82, 2.24) is 9.88 Å². The maximum Gasteiger partial charge on any atom is 0.407 e.